The smallest absolute Gasteiger partial charge is 0.222 e. The molecule has 6 heteroatoms. The van der Waals surface area contributed by atoms with Gasteiger partial charge in [0.05, 0.1) is 17.1 Å². The third-order valence-electron chi connectivity index (χ3n) is 3.81. The van der Waals surface area contributed by atoms with E-state index < -0.39 is 0 Å². The fourth-order valence-corrected chi connectivity index (χ4v) is 3.60. The fraction of sp³-hybridized carbons (Fsp3) is 0.0952. The lowest BCUT2D eigenvalue weighted by atomic mass is 10.1. The molecule has 27 heavy (non-hydrogen) atoms. The quantitative estimate of drug-likeness (QED) is 0.381. The lowest BCUT2D eigenvalue weighted by Crippen LogP contribution is -2.11. The van der Waals surface area contributed by atoms with Gasteiger partial charge in [0.15, 0.2) is 0 Å². The Morgan fingerprint density at radius 2 is 1.85 bits per heavy atom. The van der Waals surface area contributed by atoms with Crippen LogP contribution in [0.2, 0.25) is 0 Å². The number of nitrogens with zero attached hydrogens (tertiary/aromatic N) is 4. The first-order valence-electron chi connectivity index (χ1n) is 8.15. The first kappa shape index (κ1) is 18.3. The van der Waals surface area contributed by atoms with Crippen molar-refractivity contribution >= 4 is 28.6 Å². The minimum atomic E-state index is -0.357. The van der Waals surface area contributed by atoms with E-state index in [1.54, 1.807) is 41.2 Å². The number of nitriles is 2. The predicted molar refractivity (Wildman–Crippen MR) is 106 cm³/mol. The number of aromatic nitrogens is 1. The number of hydrogen-bond donors (Lipinski definition) is 0. The van der Waals surface area contributed by atoms with Crippen LogP contribution >= 0.6 is 11.9 Å². The van der Waals surface area contributed by atoms with Crippen LogP contribution in [0.15, 0.2) is 71.3 Å². The van der Waals surface area contributed by atoms with Crippen molar-refractivity contribution < 1.29 is 4.79 Å². The van der Waals surface area contributed by atoms with Crippen LogP contribution in [0, 0.1) is 22.7 Å². The van der Waals surface area contributed by atoms with Gasteiger partial charge in [0.25, 0.3) is 0 Å². The zero-order chi connectivity index (χ0) is 19.4. The standard InChI is InChI=1S/C21H16N4OS/c1-24(2)14-17(13-23)21(26)20-11-16-9-8-15(12-22)10-19(16)25(20)27-18-6-4-3-5-7-18/h3-11,14H,1-2H3/b17-14+. The van der Waals surface area contributed by atoms with E-state index in [1.807, 2.05) is 42.5 Å². The van der Waals surface area contributed by atoms with Crippen molar-refractivity contribution in [1.29, 1.82) is 10.5 Å². The number of allylic oxidation sites excluding steroid dienone is 1. The summed E-state index contributed by atoms with van der Waals surface area (Å²) in [4.78, 5) is 15.6. The van der Waals surface area contributed by atoms with E-state index in [1.165, 1.54) is 18.1 Å². The largest absolute Gasteiger partial charge is 0.382 e. The van der Waals surface area contributed by atoms with Gasteiger partial charge >= 0.3 is 0 Å². The van der Waals surface area contributed by atoms with Gasteiger partial charge in [-0.2, -0.15) is 10.5 Å². The predicted octanol–water partition coefficient (Wildman–Crippen LogP) is 4.22. The van der Waals surface area contributed by atoms with Crippen LogP contribution in [-0.4, -0.2) is 28.8 Å². The third-order valence-corrected chi connectivity index (χ3v) is 4.87. The van der Waals surface area contributed by atoms with E-state index >= 15 is 0 Å². The van der Waals surface area contributed by atoms with Crippen molar-refractivity contribution in [2.24, 2.45) is 0 Å². The molecule has 0 spiro atoms. The van der Waals surface area contributed by atoms with Gasteiger partial charge in [0.1, 0.15) is 17.3 Å². The molecule has 0 unspecified atom stereocenters. The summed E-state index contributed by atoms with van der Waals surface area (Å²) in [5.41, 5.74) is 1.72. The molecule has 0 aliphatic rings. The molecule has 3 rings (SSSR count). The summed E-state index contributed by atoms with van der Waals surface area (Å²) in [5.74, 6) is -0.357. The molecule has 0 atom stereocenters. The zero-order valence-electron chi connectivity index (χ0n) is 14.9. The van der Waals surface area contributed by atoms with Gasteiger partial charge in [-0.05, 0) is 42.3 Å². The molecule has 0 saturated carbocycles. The van der Waals surface area contributed by atoms with Crippen LogP contribution < -0.4 is 0 Å². The van der Waals surface area contributed by atoms with E-state index in [2.05, 4.69) is 6.07 Å². The number of Topliss-reactive ketones (excluding diaryl/α,β-unsaturated/α-hetero) is 1. The number of benzene rings is 2. The molecule has 132 valence electrons. The van der Waals surface area contributed by atoms with Crippen LogP contribution in [0.3, 0.4) is 0 Å². The van der Waals surface area contributed by atoms with E-state index in [4.69, 9.17) is 0 Å². The van der Waals surface area contributed by atoms with E-state index in [0.717, 1.165) is 15.8 Å². The van der Waals surface area contributed by atoms with Gasteiger partial charge in [-0.15, -0.1) is 0 Å². The number of ketones is 1. The molecule has 1 aromatic heterocycles. The van der Waals surface area contributed by atoms with Crippen molar-refractivity contribution in [2.45, 2.75) is 4.90 Å². The summed E-state index contributed by atoms with van der Waals surface area (Å²) in [6, 6.07) is 20.8. The highest BCUT2D eigenvalue weighted by molar-refractivity contribution is 7.98. The minimum absolute atomic E-state index is 0.0539. The maximum absolute atomic E-state index is 13.0. The number of hydrogen-bond acceptors (Lipinski definition) is 5. The van der Waals surface area contributed by atoms with Crippen molar-refractivity contribution in [3.63, 3.8) is 0 Å². The van der Waals surface area contributed by atoms with Gasteiger partial charge in [0, 0.05) is 30.6 Å². The molecule has 0 N–H and O–H groups in total. The zero-order valence-corrected chi connectivity index (χ0v) is 15.7. The molecule has 0 aliphatic carbocycles. The highest BCUT2D eigenvalue weighted by Crippen LogP contribution is 2.31. The van der Waals surface area contributed by atoms with Crippen LogP contribution in [0.5, 0.6) is 0 Å². The summed E-state index contributed by atoms with van der Waals surface area (Å²) >= 11 is 1.38. The van der Waals surface area contributed by atoms with E-state index in [9.17, 15) is 15.3 Å². The molecular weight excluding hydrogens is 356 g/mol. The first-order valence-corrected chi connectivity index (χ1v) is 8.93. The molecule has 0 amide bonds. The monoisotopic (exact) mass is 372 g/mol. The van der Waals surface area contributed by atoms with Crippen LogP contribution in [0.4, 0.5) is 0 Å². The van der Waals surface area contributed by atoms with E-state index in [-0.39, 0.29) is 11.4 Å². The molecule has 0 saturated heterocycles. The lowest BCUT2D eigenvalue weighted by molar-refractivity contribution is 0.103. The topological polar surface area (TPSA) is 72.8 Å². The Balaban J connectivity index is 2.20. The summed E-state index contributed by atoms with van der Waals surface area (Å²) < 4.78 is 1.79. The normalized spacial score (nSPS) is 11.0. The Hall–Kier alpha value is -3.48. The summed E-state index contributed by atoms with van der Waals surface area (Å²) in [5, 5.41) is 19.5. The Labute approximate surface area is 161 Å². The number of fused-ring (bicyclic) bond motifs is 1. The summed E-state index contributed by atoms with van der Waals surface area (Å²) in [6.45, 7) is 0. The third kappa shape index (κ3) is 3.87. The molecule has 1 heterocycles. The SMILES string of the molecule is CN(C)/C=C(\C#N)C(=O)c1cc2ccc(C#N)cc2n1Sc1ccccc1. The number of rotatable bonds is 5. The molecule has 0 aliphatic heterocycles. The van der Waals surface area contributed by atoms with Gasteiger partial charge in [-0.25, -0.2) is 0 Å². The highest BCUT2D eigenvalue weighted by atomic mass is 32.2. The minimum Gasteiger partial charge on any atom is -0.382 e. The van der Waals surface area contributed by atoms with Crippen molar-refractivity contribution in [3.8, 4) is 12.1 Å². The first-order chi connectivity index (χ1) is 13.0. The Morgan fingerprint density at radius 1 is 1.11 bits per heavy atom. The molecular formula is C21H16N4OS. The molecule has 3 aromatic rings. The molecule has 0 fully saturated rings. The molecule has 5 nitrogen and oxygen atoms in total. The number of carbonyl (C=O) groups is 1. The second-order valence-corrected chi connectivity index (χ2v) is 7.08. The van der Waals surface area contributed by atoms with Gasteiger partial charge in [0.2, 0.25) is 5.78 Å². The average molecular weight is 372 g/mol. The van der Waals surface area contributed by atoms with Gasteiger partial charge in [-0.3, -0.25) is 8.77 Å². The van der Waals surface area contributed by atoms with Crippen LogP contribution in [-0.2, 0) is 0 Å². The molecule has 2 aromatic carbocycles. The summed E-state index contributed by atoms with van der Waals surface area (Å²) in [6.07, 6.45) is 1.51. The second-order valence-electron chi connectivity index (χ2n) is 6.06. The maximum atomic E-state index is 13.0. The lowest BCUT2D eigenvalue weighted by Gasteiger charge is -2.10. The molecule has 0 bridgehead atoms. The molecule has 0 radical (unpaired) electrons. The average Bonchev–Trinajstić information content (AvgIpc) is 3.03. The Bertz CT molecular complexity index is 1110. The summed E-state index contributed by atoms with van der Waals surface area (Å²) in [7, 11) is 3.52. The Kier molecular flexibility index (Phi) is 5.30. The van der Waals surface area contributed by atoms with Crippen molar-refractivity contribution in [2.75, 3.05) is 14.1 Å². The van der Waals surface area contributed by atoms with Crippen LogP contribution in [0.1, 0.15) is 16.1 Å². The fourth-order valence-electron chi connectivity index (χ4n) is 2.62. The Morgan fingerprint density at radius 3 is 2.48 bits per heavy atom. The van der Waals surface area contributed by atoms with Crippen molar-refractivity contribution in [1.82, 2.24) is 8.87 Å². The van der Waals surface area contributed by atoms with Crippen molar-refractivity contribution in [3.05, 3.63) is 77.6 Å². The highest BCUT2D eigenvalue weighted by Gasteiger charge is 2.21. The second kappa shape index (κ2) is 7.82. The van der Waals surface area contributed by atoms with Gasteiger partial charge < -0.3 is 4.90 Å². The maximum Gasteiger partial charge on any atom is 0.222 e. The van der Waals surface area contributed by atoms with Gasteiger partial charge in [-0.1, -0.05) is 24.3 Å². The van der Waals surface area contributed by atoms with Crippen LogP contribution in [0.25, 0.3) is 10.9 Å². The van der Waals surface area contributed by atoms with E-state index in [0.29, 0.717) is 11.3 Å². The number of carbonyl (C=O) groups excluding carboxylic acids is 1.